The van der Waals surface area contributed by atoms with E-state index in [2.05, 4.69) is 10.1 Å². The molecule has 0 saturated carbocycles. The fourth-order valence-corrected chi connectivity index (χ4v) is 1.16. The van der Waals surface area contributed by atoms with Crippen LogP contribution in [-0.2, 0) is 14.3 Å². The minimum Gasteiger partial charge on any atom is -0.466 e. The quantitative estimate of drug-likeness (QED) is 0.623. The first-order valence-corrected chi connectivity index (χ1v) is 4.75. The molecule has 4 nitrogen and oxygen atoms in total. The molecule has 0 fully saturated rings. The molecular weight excluding hydrogens is 206 g/mol. The molecule has 4 heteroatoms. The molecule has 0 aliphatic rings. The number of carbonyl (C=O) groups is 2. The third kappa shape index (κ3) is 3.96. The third-order valence-electron chi connectivity index (χ3n) is 1.82. The average Bonchev–Trinajstić information content (AvgIpc) is 2.25. The second kappa shape index (κ2) is 5.70. The van der Waals surface area contributed by atoms with E-state index in [0.29, 0.717) is 5.69 Å². The molecular formula is C12H13NO3. The van der Waals surface area contributed by atoms with Crippen molar-refractivity contribution >= 4 is 23.6 Å². The Labute approximate surface area is 93.9 Å². The number of amides is 1. The summed E-state index contributed by atoms with van der Waals surface area (Å²) >= 11 is 0. The Hall–Kier alpha value is -2.10. The SMILES string of the molecule is COC(=O)/C=C/c1cccc(NC(C)=O)c1. The summed E-state index contributed by atoms with van der Waals surface area (Å²) in [5, 5.41) is 2.66. The predicted molar refractivity (Wildman–Crippen MR) is 61.8 cm³/mol. The number of benzene rings is 1. The van der Waals surface area contributed by atoms with Crippen molar-refractivity contribution in [1.29, 1.82) is 0 Å². The van der Waals surface area contributed by atoms with Crippen LogP contribution in [0.25, 0.3) is 6.08 Å². The molecule has 1 N–H and O–H groups in total. The fourth-order valence-electron chi connectivity index (χ4n) is 1.16. The molecule has 0 radical (unpaired) electrons. The fraction of sp³-hybridized carbons (Fsp3) is 0.167. The maximum Gasteiger partial charge on any atom is 0.330 e. The zero-order valence-electron chi connectivity index (χ0n) is 9.19. The number of methoxy groups -OCH3 is 1. The van der Waals surface area contributed by atoms with Crippen LogP contribution in [0.15, 0.2) is 30.3 Å². The molecule has 0 bridgehead atoms. The van der Waals surface area contributed by atoms with E-state index in [0.717, 1.165) is 5.56 Å². The summed E-state index contributed by atoms with van der Waals surface area (Å²) in [5.41, 5.74) is 1.51. The smallest absolute Gasteiger partial charge is 0.330 e. The number of hydrogen-bond donors (Lipinski definition) is 1. The van der Waals surface area contributed by atoms with Gasteiger partial charge in [-0.3, -0.25) is 4.79 Å². The topological polar surface area (TPSA) is 55.4 Å². The normalized spacial score (nSPS) is 10.1. The molecule has 1 aromatic carbocycles. The van der Waals surface area contributed by atoms with Gasteiger partial charge in [0.15, 0.2) is 0 Å². The molecule has 0 aliphatic heterocycles. The first-order chi connectivity index (χ1) is 7.61. The van der Waals surface area contributed by atoms with Crippen LogP contribution in [-0.4, -0.2) is 19.0 Å². The lowest BCUT2D eigenvalue weighted by atomic mass is 10.2. The van der Waals surface area contributed by atoms with Crippen molar-refractivity contribution in [2.24, 2.45) is 0 Å². The number of nitrogens with one attached hydrogen (secondary N) is 1. The van der Waals surface area contributed by atoms with Gasteiger partial charge < -0.3 is 10.1 Å². The largest absolute Gasteiger partial charge is 0.466 e. The highest BCUT2D eigenvalue weighted by atomic mass is 16.5. The van der Waals surface area contributed by atoms with Crippen LogP contribution >= 0.6 is 0 Å². The van der Waals surface area contributed by atoms with Gasteiger partial charge in [-0.15, -0.1) is 0 Å². The highest BCUT2D eigenvalue weighted by Gasteiger charge is 1.96. The Morgan fingerprint density at radius 3 is 2.75 bits per heavy atom. The summed E-state index contributed by atoms with van der Waals surface area (Å²) < 4.78 is 4.47. The van der Waals surface area contributed by atoms with E-state index in [1.165, 1.54) is 20.1 Å². The molecule has 1 rings (SSSR count). The van der Waals surface area contributed by atoms with Gasteiger partial charge in [0.1, 0.15) is 0 Å². The van der Waals surface area contributed by atoms with E-state index < -0.39 is 5.97 Å². The van der Waals surface area contributed by atoms with E-state index in [1.807, 2.05) is 6.07 Å². The van der Waals surface area contributed by atoms with E-state index in [9.17, 15) is 9.59 Å². The monoisotopic (exact) mass is 219 g/mol. The highest BCUT2D eigenvalue weighted by molar-refractivity contribution is 5.90. The number of carbonyl (C=O) groups excluding carboxylic acids is 2. The van der Waals surface area contributed by atoms with Gasteiger partial charge in [0.05, 0.1) is 7.11 Å². The van der Waals surface area contributed by atoms with Gasteiger partial charge in [-0.2, -0.15) is 0 Å². The Morgan fingerprint density at radius 1 is 1.38 bits per heavy atom. The summed E-state index contributed by atoms with van der Waals surface area (Å²) in [6.45, 7) is 1.44. The molecule has 1 aromatic rings. The van der Waals surface area contributed by atoms with Crippen LogP contribution in [0.4, 0.5) is 5.69 Å². The number of anilines is 1. The van der Waals surface area contributed by atoms with Crippen molar-refractivity contribution < 1.29 is 14.3 Å². The van der Waals surface area contributed by atoms with Gasteiger partial charge in [0.2, 0.25) is 5.91 Å². The zero-order valence-corrected chi connectivity index (χ0v) is 9.19. The van der Waals surface area contributed by atoms with Crippen LogP contribution in [0.3, 0.4) is 0 Å². The Morgan fingerprint density at radius 2 is 2.12 bits per heavy atom. The van der Waals surface area contributed by atoms with E-state index in [1.54, 1.807) is 24.3 Å². The van der Waals surface area contributed by atoms with Gasteiger partial charge >= 0.3 is 5.97 Å². The van der Waals surface area contributed by atoms with E-state index in [-0.39, 0.29) is 5.91 Å². The van der Waals surface area contributed by atoms with Crippen molar-refractivity contribution in [3.63, 3.8) is 0 Å². The second-order valence-electron chi connectivity index (χ2n) is 3.16. The third-order valence-corrected chi connectivity index (χ3v) is 1.82. The molecule has 16 heavy (non-hydrogen) atoms. The molecule has 0 aliphatic carbocycles. The summed E-state index contributed by atoms with van der Waals surface area (Å²) in [7, 11) is 1.32. The molecule has 1 amide bonds. The molecule has 0 aromatic heterocycles. The average molecular weight is 219 g/mol. The number of rotatable bonds is 3. The van der Waals surface area contributed by atoms with Crippen molar-refractivity contribution in [3.8, 4) is 0 Å². The van der Waals surface area contributed by atoms with Gasteiger partial charge in [0, 0.05) is 18.7 Å². The van der Waals surface area contributed by atoms with Crippen molar-refractivity contribution in [2.45, 2.75) is 6.92 Å². The highest BCUT2D eigenvalue weighted by Crippen LogP contribution is 2.11. The predicted octanol–water partition coefficient (Wildman–Crippen LogP) is 1.83. The van der Waals surface area contributed by atoms with Gasteiger partial charge in [-0.05, 0) is 23.8 Å². The van der Waals surface area contributed by atoms with Crippen molar-refractivity contribution in [2.75, 3.05) is 12.4 Å². The van der Waals surface area contributed by atoms with Gasteiger partial charge in [0.25, 0.3) is 0 Å². The van der Waals surface area contributed by atoms with Crippen molar-refractivity contribution in [1.82, 2.24) is 0 Å². The van der Waals surface area contributed by atoms with Gasteiger partial charge in [-0.1, -0.05) is 12.1 Å². The molecule has 0 heterocycles. The standard InChI is InChI=1S/C12H13NO3/c1-9(14)13-11-5-3-4-10(8-11)6-7-12(15)16-2/h3-8H,1-2H3,(H,13,14)/b7-6+. The first-order valence-electron chi connectivity index (χ1n) is 4.75. The zero-order chi connectivity index (χ0) is 12.0. The minimum absolute atomic E-state index is 0.130. The van der Waals surface area contributed by atoms with Crippen LogP contribution in [0.5, 0.6) is 0 Å². The minimum atomic E-state index is -0.412. The number of esters is 1. The molecule has 84 valence electrons. The molecule has 0 atom stereocenters. The number of hydrogen-bond acceptors (Lipinski definition) is 3. The molecule has 0 saturated heterocycles. The summed E-state index contributed by atoms with van der Waals surface area (Å²) in [6.07, 6.45) is 2.95. The first kappa shape index (κ1) is 12.0. The molecule has 0 unspecified atom stereocenters. The summed E-state index contributed by atoms with van der Waals surface area (Å²) in [4.78, 5) is 21.7. The lowest BCUT2D eigenvalue weighted by Crippen LogP contribution is -2.05. The second-order valence-corrected chi connectivity index (χ2v) is 3.16. The van der Waals surface area contributed by atoms with Crippen LogP contribution in [0.1, 0.15) is 12.5 Å². The number of ether oxygens (including phenoxy) is 1. The van der Waals surface area contributed by atoms with E-state index in [4.69, 9.17) is 0 Å². The maximum absolute atomic E-state index is 10.9. The lowest BCUT2D eigenvalue weighted by Gasteiger charge is -2.02. The Balaban J connectivity index is 2.78. The Bertz CT molecular complexity index is 424. The molecule has 0 spiro atoms. The lowest BCUT2D eigenvalue weighted by molar-refractivity contribution is -0.134. The van der Waals surface area contributed by atoms with Crippen LogP contribution in [0, 0.1) is 0 Å². The van der Waals surface area contributed by atoms with Crippen LogP contribution < -0.4 is 5.32 Å². The maximum atomic E-state index is 10.9. The van der Waals surface area contributed by atoms with Crippen LogP contribution in [0.2, 0.25) is 0 Å². The van der Waals surface area contributed by atoms with Crippen molar-refractivity contribution in [3.05, 3.63) is 35.9 Å². The summed E-state index contributed by atoms with van der Waals surface area (Å²) in [5.74, 6) is -0.543. The van der Waals surface area contributed by atoms with Gasteiger partial charge in [-0.25, -0.2) is 4.79 Å². The van der Waals surface area contributed by atoms with E-state index >= 15 is 0 Å². The Kier molecular flexibility index (Phi) is 4.27. The summed E-state index contributed by atoms with van der Waals surface area (Å²) in [6, 6.07) is 7.16.